The minimum atomic E-state index is -1.40. The number of methoxy groups -OCH3 is 1. The van der Waals surface area contributed by atoms with Gasteiger partial charge in [0.15, 0.2) is 6.29 Å². The van der Waals surface area contributed by atoms with Crippen molar-refractivity contribution in [3.8, 4) is 0 Å². The molecule has 114 valence electrons. The Morgan fingerprint density at radius 3 is 2.40 bits per heavy atom. The van der Waals surface area contributed by atoms with Crippen molar-refractivity contribution < 1.29 is 29.3 Å². The van der Waals surface area contributed by atoms with Crippen molar-refractivity contribution in [2.45, 2.75) is 50.4 Å². The quantitative estimate of drug-likeness (QED) is 0.478. The van der Waals surface area contributed by atoms with Gasteiger partial charge in [-0.25, -0.2) is 4.79 Å². The standard InChI is InChI=1S/C12H20N2O6/c1-5(2)4-12(10(17)13-11(18)14-12)8-6(15)7(16)9(19-3)20-8/h5-9,15-16H,4H2,1-3H3,(H2,13,14,17,18)/t6-,7+,8+,9+,12+/m1/s1. The highest BCUT2D eigenvalue weighted by Crippen LogP contribution is 2.35. The fraction of sp³-hybridized carbons (Fsp3) is 0.833. The maximum atomic E-state index is 12.2. The minimum Gasteiger partial charge on any atom is -0.387 e. The molecule has 20 heavy (non-hydrogen) atoms. The topological polar surface area (TPSA) is 117 Å². The molecule has 0 spiro atoms. The number of nitrogens with one attached hydrogen (secondary N) is 2. The molecule has 4 N–H and O–H groups in total. The number of carbonyl (C=O) groups is 2. The molecule has 3 amide bonds. The van der Waals surface area contributed by atoms with Gasteiger partial charge in [-0.1, -0.05) is 13.8 Å². The third-order valence-corrected chi connectivity index (χ3v) is 3.64. The van der Waals surface area contributed by atoms with E-state index in [-0.39, 0.29) is 12.3 Å². The zero-order chi connectivity index (χ0) is 15.1. The second-order valence-electron chi connectivity index (χ2n) is 5.62. The molecule has 2 fully saturated rings. The average Bonchev–Trinajstić information content (AvgIpc) is 2.79. The Hall–Kier alpha value is -1.22. The van der Waals surface area contributed by atoms with E-state index in [0.29, 0.717) is 0 Å². The molecule has 0 aromatic heterocycles. The van der Waals surface area contributed by atoms with Crippen LogP contribution in [0, 0.1) is 5.92 Å². The first-order valence-electron chi connectivity index (χ1n) is 6.50. The molecule has 2 aliphatic heterocycles. The summed E-state index contributed by atoms with van der Waals surface area (Å²) in [6.45, 7) is 3.76. The SMILES string of the molecule is CO[C@H]1O[C@H]([C@]2(CC(C)C)NC(=O)NC2=O)[C@H](O)[C@@H]1O. The summed E-state index contributed by atoms with van der Waals surface area (Å²) in [5.41, 5.74) is -1.40. The normalized spacial score (nSPS) is 41.1. The van der Waals surface area contributed by atoms with Crippen LogP contribution in [0.4, 0.5) is 4.79 Å². The van der Waals surface area contributed by atoms with Crippen LogP contribution < -0.4 is 10.6 Å². The van der Waals surface area contributed by atoms with Gasteiger partial charge in [0.25, 0.3) is 5.91 Å². The highest BCUT2D eigenvalue weighted by molar-refractivity contribution is 6.07. The average molecular weight is 288 g/mol. The number of amides is 3. The summed E-state index contributed by atoms with van der Waals surface area (Å²) in [4.78, 5) is 23.6. The number of aliphatic hydroxyl groups excluding tert-OH is 2. The van der Waals surface area contributed by atoms with E-state index in [9.17, 15) is 19.8 Å². The van der Waals surface area contributed by atoms with E-state index in [4.69, 9.17) is 9.47 Å². The largest absolute Gasteiger partial charge is 0.387 e. The second-order valence-corrected chi connectivity index (χ2v) is 5.62. The van der Waals surface area contributed by atoms with Crippen molar-refractivity contribution in [3.63, 3.8) is 0 Å². The van der Waals surface area contributed by atoms with Gasteiger partial charge in [0.05, 0.1) is 0 Å². The first kappa shape index (κ1) is 15.2. The van der Waals surface area contributed by atoms with Gasteiger partial charge in [-0.15, -0.1) is 0 Å². The van der Waals surface area contributed by atoms with E-state index >= 15 is 0 Å². The summed E-state index contributed by atoms with van der Waals surface area (Å²) in [7, 11) is 1.32. The lowest BCUT2D eigenvalue weighted by atomic mass is 9.81. The van der Waals surface area contributed by atoms with Gasteiger partial charge in [0, 0.05) is 7.11 Å². The van der Waals surface area contributed by atoms with E-state index in [2.05, 4.69) is 10.6 Å². The summed E-state index contributed by atoms with van der Waals surface area (Å²) in [5.74, 6) is -0.502. The maximum Gasteiger partial charge on any atom is 0.322 e. The van der Waals surface area contributed by atoms with Gasteiger partial charge in [0.2, 0.25) is 0 Å². The van der Waals surface area contributed by atoms with E-state index in [1.165, 1.54) is 7.11 Å². The highest BCUT2D eigenvalue weighted by Gasteiger charge is 2.60. The summed E-state index contributed by atoms with van der Waals surface area (Å²) in [6, 6.07) is -0.637. The van der Waals surface area contributed by atoms with Crippen molar-refractivity contribution >= 4 is 11.9 Å². The molecule has 0 aliphatic carbocycles. The Balaban J connectivity index is 2.33. The molecule has 5 atom stereocenters. The molecule has 0 aromatic rings. The minimum absolute atomic E-state index is 0.0636. The lowest BCUT2D eigenvalue weighted by molar-refractivity contribution is -0.164. The van der Waals surface area contributed by atoms with E-state index in [1.807, 2.05) is 13.8 Å². The van der Waals surface area contributed by atoms with Gasteiger partial charge in [-0.2, -0.15) is 0 Å². The maximum absolute atomic E-state index is 12.2. The van der Waals surface area contributed by atoms with E-state index in [1.54, 1.807) is 0 Å². The fourth-order valence-corrected chi connectivity index (χ4v) is 2.86. The molecule has 2 saturated heterocycles. The molecule has 2 aliphatic rings. The number of hydrogen-bond donors (Lipinski definition) is 4. The second kappa shape index (κ2) is 5.28. The number of hydrogen-bond acceptors (Lipinski definition) is 6. The Bertz CT molecular complexity index is 415. The van der Waals surface area contributed by atoms with Gasteiger partial charge in [-0.3, -0.25) is 10.1 Å². The molecule has 0 unspecified atom stereocenters. The first-order chi connectivity index (χ1) is 9.31. The Labute approximate surface area is 116 Å². The van der Waals surface area contributed by atoms with Gasteiger partial charge < -0.3 is 25.0 Å². The summed E-state index contributed by atoms with van der Waals surface area (Å²) in [5, 5.41) is 24.7. The third kappa shape index (κ3) is 2.28. The van der Waals surface area contributed by atoms with Crippen LogP contribution >= 0.6 is 0 Å². The molecule has 0 radical (unpaired) electrons. The van der Waals surface area contributed by atoms with Crippen LogP contribution in [0.5, 0.6) is 0 Å². The van der Waals surface area contributed by atoms with Crippen molar-refractivity contribution in [2.24, 2.45) is 5.92 Å². The van der Waals surface area contributed by atoms with Crippen LogP contribution in [0.2, 0.25) is 0 Å². The molecule has 8 heteroatoms. The van der Waals surface area contributed by atoms with E-state index in [0.717, 1.165) is 0 Å². The van der Waals surface area contributed by atoms with Crippen molar-refractivity contribution in [1.29, 1.82) is 0 Å². The van der Waals surface area contributed by atoms with Crippen molar-refractivity contribution in [1.82, 2.24) is 10.6 Å². The van der Waals surface area contributed by atoms with Crippen LogP contribution in [0.1, 0.15) is 20.3 Å². The Morgan fingerprint density at radius 1 is 1.35 bits per heavy atom. The first-order valence-corrected chi connectivity index (χ1v) is 6.50. The van der Waals surface area contributed by atoms with Crippen molar-refractivity contribution in [3.05, 3.63) is 0 Å². The zero-order valence-corrected chi connectivity index (χ0v) is 11.6. The highest BCUT2D eigenvalue weighted by atomic mass is 16.7. The number of carbonyl (C=O) groups excluding carboxylic acids is 2. The van der Waals surface area contributed by atoms with Crippen LogP contribution in [0.3, 0.4) is 0 Å². The predicted molar refractivity (Wildman–Crippen MR) is 66.5 cm³/mol. The molecule has 0 aromatic carbocycles. The zero-order valence-electron chi connectivity index (χ0n) is 11.6. The molecule has 2 heterocycles. The monoisotopic (exact) mass is 288 g/mol. The third-order valence-electron chi connectivity index (χ3n) is 3.64. The van der Waals surface area contributed by atoms with Crippen LogP contribution in [0.25, 0.3) is 0 Å². The number of imide groups is 1. The summed E-state index contributed by atoms with van der Waals surface area (Å²) < 4.78 is 10.4. The molecular formula is C12H20N2O6. The Morgan fingerprint density at radius 2 is 2.00 bits per heavy atom. The molecule has 0 saturated carbocycles. The van der Waals surface area contributed by atoms with Crippen LogP contribution in [-0.4, -0.2) is 59.4 Å². The predicted octanol–water partition coefficient (Wildman–Crippen LogP) is -1.30. The number of ether oxygens (including phenoxy) is 2. The lowest BCUT2D eigenvalue weighted by Gasteiger charge is -2.34. The number of aliphatic hydroxyl groups is 2. The molecular weight excluding hydrogens is 268 g/mol. The summed E-state index contributed by atoms with van der Waals surface area (Å²) >= 11 is 0. The van der Waals surface area contributed by atoms with Gasteiger partial charge in [-0.05, 0) is 12.3 Å². The van der Waals surface area contributed by atoms with Crippen molar-refractivity contribution in [2.75, 3.05) is 7.11 Å². The molecule has 0 bridgehead atoms. The van der Waals surface area contributed by atoms with Gasteiger partial charge in [0.1, 0.15) is 23.9 Å². The molecule has 8 nitrogen and oxygen atoms in total. The Kier molecular flexibility index (Phi) is 4.01. The van der Waals surface area contributed by atoms with Crippen LogP contribution in [0.15, 0.2) is 0 Å². The number of urea groups is 1. The molecule has 2 rings (SSSR count). The lowest BCUT2D eigenvalue weighted by Crippen LogP contribution is -2.61. The van der Waals surface area contributed by atoms with Crippen LogP contribution in [-0.2, 0) is 14.3 Å². The van der Waals surface area contributed by atoms with E-state index < -0.39 is 42.1 Å². The number of rotatable bonds is 4. The van der Waals surface area contributed by atoms with Gasteiger partial charge >= 0.3 is 6.03 Å². The smallest absolute Gasteiger partial charge is 0.322 e. The summed E-state index contributed by atoms with van der Waals surface area (Å²) in [6.07, 6.45) is -4.45. The fourth-order valence-electron chi connectivity index (χ4n) is 2.86.